The zero-order chi connectivity index (χ0) is 13.3. The number of halogens is 4. The second-order valence-corrected chi connectivity index (χ2v) is 3.63. The first kappa shape index (κ1) is 12.3. The van der Waals surface area contributed by atoms with Crippen molar-refractivity contribution in [3.8, 4) is 11.1 Å². The third-order valence-electron chi connectivity index (χ3n) is 2.41. The Morgan fingerprint density at radius 3 is 2.39 bits per heavy atom. The fourth-order valence-electron chi connectivity index (χ4n) is 1.58. The minimum absolute atomic E-state index is 0.0367. The molecule has 2 rings (SSSR count). The Morgan fingerprint density at radius 1 is 1.11 bits per heavy atom. The highest BCUT2D eigenvalue weighted by Gasteiger charge is 2.33. The summed E-state index contributed by atoms with van der Waals surface area (Å²) in [7, 11) is 0. The van der Waals surface area contributed by atoms with Gasteiger partial charge in [0.25, 0.3) is 0 Å². The molecule has 0 fully saturated rings. The lowest BCUT2D eigenvalue weighted by molar-refractivity contribution is -0.137. The van der Waals surface area contributed by atoms with Gasteiger partial charge in [0.15, 0.2) is 11.6 Å². The second kappa shape index (κ2) is 4.29. The molecule has 0 bridgehead atoms. The summed E-state index contributed by atoms with van der Waals surface area (Å²) in [6, 6.07) is 5.85. The Morgan fingerprint density at radius 2 is 1.78 bits per heavy atom. The Balaban J connectivity index is 2.61. The van der Waals surface area contributed by atoms with Gasteiger partial charge in [0.2, 0.25) is 0 Å². The number of pyridine rings is 1. The van der Waals surface area contributed by atoms with E-state index in [0.717, 1.165) is 18.3 Å². The van der Waals surface area contributed by atoms with E-state index < -0.39 is 17.6 Å². The maximum absolute atomic E-state index is 13.2. The van der Waals surface area contributed by atoms with Crippen LogP contribution in [0, 0.1) is 5.82 Å². The van der Waals surface area contributed by atoms with Crippen LogP contribution in [0.25, 0.3) is 11.1 Å². The van der Waals surface area contributed by atoms with Crippen molar-refractivity contribution >= 4 is 5.82 Å². The lowest BCUT2D eigenvalue weighted by atomic mass is 10.0. The van der Waals surface area contributed by atoms with Crippen LogP contribution in [-0.4, -0.2) is 4.98 Å². The molecule has 0 saturated heterocycles. The van der Waals surface area contributed by atoms with Crippen molar-refractivity contribution in [1.82, 2.24) is 4.98 Å². The first-order valence-corrected chi connectivity index (χ1v) is 4.97. The van der Waals surface area contributed by atoms with E-state index in [1.165, 1.54) is 18.2 Å². The first-order chi connectivity index (χ1) is 8.39. The van der Waals surface area contributed by atoms with Crippen LogP contribution < -0.4 is 5.73 Å². The lowest BCUT2D eigenvalue weighted by Gasteiger charge is -2.12. The molecule has 0 saturated carbocycles. The number of anilines is 1. The van der Waals surface area contributed by atoms with E-state index in [2.05, 4.69) is 4.98 Å². The number of nitrogens with zero attached hydrogens (tertiary/aromatic N) is 1. The predicted molar refractivity (Wildman–Crippen MR) is 59.0 cm³/mol. The molecule has 0 aliphatic carbocycles. The Hall–Kier alpha value is -2.11. The smallest absolute Gasteiger partial charge is 0.381 e. The van der Waals surface area contributed by atoms with E-state index in [-0.39, 0.29) is 16.9 Å². The van der Waals surface area contributed by atoms with Gasteiger partial charge in [0.05, 0.1) is 5.56 Å². The Bertz CT molecular complexity index is 579. The molecule has 0 atom stereocenters. The largest absolute Gasteiger partial charge is 0.417 e. The molecule has 1 heterocycles. The van der Waals surface area contributed by atoms with Gasteiger partial charge in [-0.25, -0.2) is 9.37 Å². The number of hydrogen-bond acceptors (Lipinski definition) is 2. The van der Waals surface area contributed by atoms with Gasteiger partial charge in [-0.05, 0) is 17.7 Å². The maximum Gasteiger partial charge on any atom is 0.417 e. The summed E-state index contributed by atoms with van der Waals surface area (Å²) < 4.78 is 51.5. The molecule has 2 aromatic rings. The van der Waals surface area contributed by atoms with Crippen LogP contribution in [0.1, 0.15) is 5.56 Å². The number of benzene rings is 1. The molecule has 1 aromatic heterocycles. The van der Waals surface area contributed by atoms with Crippen LogP contribution in [0.3, 0.4) is 0 Å². The molecule has 0 aliphatic heterocycles. The number of nitrogen functional groups attached to an aromatic ring is 1. The number of nitrogens with two attached hydrogens (primary N) is 1. The number of hydrogen-bond donors (Lipinski definition) is 1. The van der Waals surface area contributed by atoms with E-state index in [9.17, 15) is 17.6 Å². The fraction of sp³-hybridized carbons (Fsp3) is 0.0833. The van der Waals surface area contributed by atoms with Crippen molar-refractivity contribution in [3.05, 3.63) is 47.9 Å². The highest BCUT2D eigenvalue weighted by atomic mass is 19.4. The number of aromatic nitrogens is 1. The minimum Gasteiger partial charge on any atom is -0.381 e. The third kappa shape index (κ3) is 2.27. The maximum atomic E-state index is 13.2. The molecule has 94 valence electrons. The predicted octanol–water partition coefficient (Wildman–Crippen LogP) is 3.49. The van der Waals surface area contributed by atoms with Crippen molar-refractivity contribution in [3.63, 3.8) is 0 Å². The quantitative estimate of drug-likeness (QED) is 0.793. The zero-order valence-electron chi connectivity index (χ0n) is 9.00. The molecule has 6 heteroatoms. The SMILES string of the molecule is Nc1ncc(-c2ccccc2C(F)(F)F)cc1F. The highest BCUT2D eigenvalue weighted by Crippen LogP contribution is 2.36. The van der Waals surface area contributed by atoms with Crippen LogP contribution in [0.15, 0.2) is 36.5 Å². The van der Waals surface area contributed by atoms with Crippen molar-refractivity contribution in [1.29, 1.82) is 0 Å². The summed E-state index contributed by atoms with van der Waals surface area (Å²) >= 11 is 0. The monoisotopic (exact) mass is 256 g/mol. The van der Waals surface area contributed by atoms with Crippen LogP contribution >= 0.6 is 0 Å². The lowest BCUT2D eigenvalue weighted by Crippen LogP contribution is -2.07. The standard InChI is InChI=1S/C12H8F4N2/c13-10-5-7(6-18-11(10)17)8-3-1-2-4-9(8)12(14,15)16/h1-6H,(H2,17,18). The van der Waals surface area contributed by atoms with E-state index in [1.54, 1.807) is 0 Å². The Labute approximate surface area is 100 Å². The average molecular weight is 256 g/mol. The van der Waals surface area contributed by atoms with E-state index >= 15 is 0 Å². The molecule has 0 unspecified atom stereocenters. The molecule has 0 aliphatic rings. The van der Waals surface area contributed by atoms with Gasteiger partial charge in [0, 0.05) is 11.8 Å². The highest BCUT2D eigenvalue weighted by molar-refractivity contribution is 5.68. The molecule has 0 amide bonds. The molecular weight excluding hydrogens is 248 g/mol. The van der Waals surface area contributed by atoms with Gasteiger partial charge in [-0.3, -0.25) is 0 Å². The van der Waals surface area contributed by atoms with Crippen molar-refractivity contribution in [2.24, 2.45) is 0 Å². The molecule has 2 N–H and O–H groups in total. The van der Waals surface area contributed by atoms with Crippen molar-refractivity contribution < 1.29 is 17.6 Å². The summed E-state index contributed by atoms with van der Waals surface area (Å²) in [6.45, 7) is 0. The number of rotatable bonds is 1. The summed E-state index contributed by atoms with van der Waals surface area (Å²) in [6.07, 6.45) is -3.39. The van der Waals surface area contributed by atoms with Gasteiger partial charge in [-0.1, -0.05) is 18.2 Å². The van der Waals surface area contributed by atoms with Crippen LogP contribution in [-0.2, 0) is 6.18 Å². The van der Waals surface area contributed by atoms with Gasteiger partial charge < -0.3 is 5.73 Å². The summed E-state index contributed by atoms with van der Waals surface area (Å²) in [5.74, 6) is -1.19. The number of alkyl halides is 3. The summed E-state index contributed by atoms with van der Waals surface area (Å²) in [4.78, 5) is 3.51. The van der Waals surface area contributed by atoms with Crippen molar-refractivity contribution in [2.45, 2.75) is 6.18 Å². The van der Waals surface area contributed by atoms with E-state index in [0.29, 0.717) is 0 Å². The van der Waals surface area contributed by atoms with Gasteiger partial charge in [0.1, 0.15) is 0 Å². The second-order valence-electron chi connectivity index (χ2n) is 3.63. The molecular formula is C12H8F4N2. The van der Waals surface area contributed by atoms with Gasteiger partial charge in [-0.15, -0.1) is 0 Å². The molecule has 0 spiro atoms. The Kier molecular flexibility index (Phi) is 2.94. The van der Waals surface area contributed by atoms with Crippen LogP contribution in [0.2, 0.25) is 0 Å². The van der Waals surface area contributed by atoms with Gasteiger partial charge >= 0.3 is 6.18 Å². The zero-order valence-corrected chi connectivity index (χ0v) is 9.00. The molecule has 18 heavy (non-hydrogen) atoms. The summed E-state index contributed by atoms with van der Waals surface area (Å²) in [5.41, 5.74) is 4.25. The topological polar surface area (TPSA) is 38.9 Å². The van der Waals surface area contributed by atoms with E-state index in [1.807, 2.05) is 0 Å². The van der Waals surface area contributed by atoms with Crippen LogP contribution in [0.4, 0.5) is 23.4 Å². The average Bonchev–Trinajstić information content (AvgIpc) is 2.32. The van der Waals surface area contributed by atoms with Gasteiger partial charge in [-0.2, -0.15) is 13.2 Å². The fourth-order valence-corrected chi connectivity index (χ4v) is 1.58. The molecule has 1 aromatic carbocycles. The molecule has 2 nitrogen and oxygen atoms in total. The first-order valence-electron chi connectivity index (χ1n) is 4.97. The minimum atomic E-state index is -4.51. The third-order valence-corrected chi connectivity index (χ3v) is 2.41. The van der Waals surface area contributed by atoms with Crippen molar-refractivity contribution in [2.75, 3.05) is 5.73 Å². The normalized spacial score (nSPS) is 11.6. The summed E-state index contributed by atoms with van der Waals surface area (Å²) in [5, 5.41) is 0. The van der Waals surface area contributed by atoms with Crippen LogP contribution in [0.5, 0.6) is 0 Å². The molecule has 0 radical (unpaired) electrons. The van der Waals surface area contributed by atoms with E-state index in [4.69, 9.17) is 5.73 Å².